The number of hydrogen-bond donors (Lipinski definition) is 2. The van der Waals surface area contributed by atoms with Crippen LogP contribution in [0.3, 0.4) is 0 Å². The van der Waals surface area contributed by atoms with Crippen LogP contribution in [-0.4, -0.2) is 34.3 Å². The minimum absolute atomic E-state index is 0.117. The average Bonchev–Trinajstić information content (AvgIpc) is 2.37. The SMILES string of the molecule is COC(=O)CC(O)C(O)c1ccc([N+](=O)[O-])cc1. The topological polar surface area (TPSA) is 110 Å². The van der Waals surface area contributed by atoms with Crippen LogP contribution in [0, 0.1) is 10.1 Å². The zero-order valence-electron chi connectivity index (χ0n) is 9.65. The summed E-state index contributed by atoms with van der Waals surface area (Å²) in [6.45, 7) is 0. The highest BCUT2D eigenvalue weighted by atomic mass is 16.6. The predicted octanol–water partition coefficient (Wildman–Crippen LogP) is 0.552. The van der Waals surface area contributed by atoms with Crippen molar-refractivity contribution >= 4 is 11.7 Å². The molecule has 1 aromatic rings. The lowest BCUT2D eigenvalue weighted by atomic mass is 10.0. The Balaban J connectivity index is 2.74. The maximum Gasteiger partial charge on any atom is 0.308 e. The molecular weight excluding hydrogens is 242 g/mol. The second-order valence-corrected chi connectivity index (χ2v) is 3.64. The number of aliphatic hydroxyl groups is 2. The summed E-state index contributed by atoms with van der Waals surface area (Å²) in [7, 11) is 1.17. The van der Waals surface area contributed by atoms with E-state index in [1.54, 1.807) is 0 Å². The predicted molar refractivity (Wildman–Crippen MR) is 60.7 cm³/mol. The number of carbonyl (C=O) groups excluding carboxylic acids is 1. The first-order chi connectivity index (χ1) is 8.45. The second-order valence-electron chi connectivity index (χ2n) is 3.64. The Morgan fingerprint density at radius 2 is 1.94 bits per heavy atom. The molecule has 2 unspecified atom stereocenters. The molecule has 0 radical (unpaired) electrons. The number of benzene rings is 1. The van der Waals surface area contributed by atoms with E-state index in [0.717, 1.165) is 0 Å². The first kappa shape index (κ1) is 14.1. The Kier molecular flexibility index (Phi) is 4.75. The molecule has 0 bridgehead atoms. The number of carbonyl (C=O) groups is 1. The summed E-state index contributed by atoms with van der Waals surface area (Å²) in [4.78, 5) is 20.8. The molecular formula is C11H13NO6. The van der Waals surface area contributed by atoms with Gasteiger partial charge >= 0.3 is 5.97 Å². The van der Waals surface area contributed by atoms with Gasteiger partial charge in [0.25, 0.3) is 5.69 Å². The molecule has 0 aliphatic heterocycles. The highest BCUT2D eigenvalue weighted by molar-refractivity contribution is 5.69. The molecule has 0 saturated heterocycles. The first-order valence-corrected chi connectivity index (χ1v) is 5.13. The average molecular weight is 255 g/mol. The van der Waals surface area contributed by atoms with E-state index in [4.69, 9.17) is 0 Å². The van der Waals surface area contributed by atoms with Crippen LogP contribution in [0.25, 0.3) is 0 Å². The number of nitro groups is 1. The van der Waals surface area contributed by atoms with Crippen LogP contribution in [0.4, 0.5) is 5.69 Å². The zero-order chi connectivity index (χ0) is 13.7. The Bertz CT molecular complexity index is 430. The van der Waals surface area contributed by atoms with Gasteiger partial charge in [-0.3, -0.25) is 14.9 Å². The molecule has 7 nitrogen and oxygen atoms in total. The van der Waals surface area contributed by atoms with E-state index < -0.39 is 23.1 Å². The largest absolute Gasteiger partial charge is 0.469 e. The monoisotopic (exact) mass is 255 g/mol. The quantitative estimate of drug-likeness (QED) is 0.451. The highest BCUT2D eigenvalue weighted by Crippen LogP contribution is 2.21. The molecule has 0 aliphatic carbocycles. The number of nitro benzene ring substituents is 1. The van der Waals surface area contributed by atoms with E-state index in [2.05, 4.69) is 4.74 Å². The van der Waals surface area contributed by atoms with Crippen molar-refractivity contribution in [1.29, 1.82) is 0 Å². The van der Waals surface area contributed by atoms with Crippen LogP contribution < -0.4 is 0 Å². The van der Waals surface area contributed by atoms with Gasteiger partial charge in [0.05, 0.1) is 24.6 Å². The van der Waals surface area contributed by atoms with Crippen molar-refractivity contribution in [2.24, 2.45) is 0 Å². The lowest BCUT2D eigenvalue weighted by Crippen LogP contribution is -2.22. The molecule has 2 atom stereocenters. The Morgan fingerprint density at radius 1 is 1.39 bits per heavy atom. The lowest BCUT2D eigenvalue weighted by Gasteiger charge is -2.16. The Morgan fingerprint density at radius 3 is 2.39 bits per heavy atom. The Labute approximate surface area is 103 Å². The van der Waals surface area contributed by atoms with Crippen molar-refractivity contribution < 1.29 is 24.7 Å². The minimum atomic E-state index is -1.32. The Hall–Kier alpha value is -1.99. The van der Waals surface area contributed by atoms with Gasteiger partial charge in [0.15, 0.2) is 0 Å². The van der Waals surface area contributed by atoms with E-state index in [1.807, 2.05) is 0 Å². The van der Waals surface area contributed by atoms with Crippen LogP contribution in [0.1, 0.15) is 18.1 Å². The number of esters is 1. The third-order valence-electron chi connectivity index (χ3n) is 2.41. The molecule has 0 fully saturated rings. The molecule has 7 heteroatoms. The van der Waals surface area contributed by atoms with E-state index in [1.165, 1.54) is 31.4 Å². The van der Waals surface area contributed by atoms with Crippen LogP contribution >= 0.6 is 0 Å². The fourth-order valence-corrected chi connectivity index (χ4v) is 1.38. The van der Waals surface area contributed by atoms with Crippen molar-refractivity contribution in [3.05, 3.63) is 39.9 Å². The fourth-order valence-electron chi connectivity index (χ4n) is 1.38. The van der Waals surface area contributed by atoms with Crippen molar-refractivity contribution in [1.82, 2.24) is 0 Å². The van der Waals surface area contributed by atoms with E-state index in [0.29, 0.717) is 0 Å². The van der Waals surface area contributed by atoms with Gasteiger partial charge in [-0.1, -0.05) is 0 Å². The van der Waals surface area contributed by atoms with Gasteiger partial charge in [-0.25, -0.2) is 0 Å². The summed E-state index contributed by atoms with van der Waals surface area (Å²) in [6, 6.07) is 5.07. The van der Waals surface area contributed by atoms with Crippen molar-refractivity contribution in [2.45, 2.75) is 18.6 Å². The summed E-state index contributed by atoms with van der Waals surface area (Å²) in [5.41, 5.74) is 0.172. The molecule has 0 spiro atoms. The molecule has 1 rings (SSSR count). The molecule has 0 aromatic heterocycles. The van der Waals surface area contributed by atoms with Gasteiger partial charge in [0, 0.05) is 12.1 Å². The number of nitrogens with zero attached hydrogens (tertiary/aromatic N) is 1. The molecule has 2 N–H and O–H groups in total. The summed E-state index contributed by atoms with van der Waals surface area (Å²) in [5.74, 6) is -0.650. The molecule has 0 amide bonds. The van der Waals surface area contributed by atoms with Gasteiger partial charge < -0.3 is 14.9 Å². The molecule has 0 saturated carbocycles. The van der Waals surface area contributed by atoms with E-state index >= 15 is 0 Å². The van der Waals surface area contributed by atoms with Crippen LogP contribution in [0.2, 0.25) is 0 Å². The number of hydrogen-bond acceptors (Lipinski definition) is 6. The number of non-ortho nitro benzene ring substituents is 1. The number of methoxy groups -OCH3 is 1. The summed E-state index contributed by atoms with van der Waals surface area (Å²) >= 11 is 0. The van der Waals surface area contributed by atoms with E-state index in [-0.39, 0.29) is 17.7 Å². The summed E-state index contributed by atoms with van der Waals surface area (Å²) < 4.78 is 4.36. The molecule has 18 heavy (non-hydrogen) atoms. The standard InChI is InChI=1S/C11H13NO6/c1-18-10(14)6-9(13)11(15)7-2-4-8(5-3-7)12(16)17/h2-5,9,11,13,15H,6H2,1H3. The fraction of sp³-hybridized carbons (Fsp3) is 0.364. The summed E-state index contributed by atoms with van der Waals surface area (Å²) in [6.07, 6.45) is -2.97. The zero-order valence-corrected chi connectivity index (χ0v) is 9.65. The minimum Gasteiger partial charge on any atom is -0.469 e. The van der Waals surface area contributed by atoms with Crippen LogP contribution in [0.5, 0.6) is 0 Å². The maximum atomic E-state index is 10.9. The van der Waals surface area contributed by atoms with Crippen molar-refractivity contribution in [3.8, 4) is 0 Å². The smallest absolute Gasteiger partial charge is 0.308 e. The molecule has 0 aliphatic rings. The number of ether oxygens (including phenoxy) is 1. The van der Waals surface area contributed by atoms with Crippen LogP contribution in [-0.2, 0) is 9.53 Å². The van der Waals surface area contributed by atoms with Gasteiger partial charge in [0.1, 0.15) is 6.10 Å². The summed E-state index contributed by atoms with van der Waals surface area (Å²) in [5, 5.41) is 29.7. The molecule has 0 heterocycles. The van der Waals surface area contributed by atoms with Gasteiger partial charge in [-0.2, -0.15) is 0 Å². The van der Waals surface area contributed by atoms with Crippen LogP contribution in [0.15, 0.2) is 24.3 Å². The van der Waals surface area contributed by atoms with Crippen molar-refractivity contribution in [2.75, 3.05) is 7.11 Å². The second kappa shape index (κ2) is 6.08. The molecule has 98 valence electrons. The van der Waals surface area contributed by atoms with E-state index in [9.17, 15) is 25.1 Å². The van der Waals surface area contributed by atoms with Crippen molar-refractivity contribution in [3.63, 3.8) is 0 Å². The third-order valence-corrected chi connectivity index (χ3v) is 2.41. The lowest BCUT2D eigenvalue weighted by molar-refractivity contribution is -0.384. The van der Waals surface area contributed by atoms with Gasteiger partial charge in [0.2, 0.25) is 0 Å². The number of aliphatic hydroxyl groups excluding tert-OH is 2. The third kappa shape index (κ3) is 3.51. The highest BCUT2D eigenvalue weighted by Gasteiger charge is 2.22. The van der Waals surface area contributed by atoms with Gasteiger partial charge in [-0.05, 0) is 17.7 Å². The molecule has 1 aromatic carbocycles. The first-order valence-electron chi connectivity index (χ1n) is 5.13. The number of rotatable bonds is 5. The normalized spacial score (nSPS) is 13.7. The maximum absolute atomic E-state index is 10.9. The van der Waals surface area contributed by atoms with Gasteiger partial charge in [-0.15, -0.1) is 0 Å².